The van der Waals surface area contributed by atoms with Crippen molar-refractivity contribution >= 4 is 17.1 Å². The molecular formula is C18H15N3O4. The van der Waals surface area contributed by atoms with Gasteiger partial charge >= 0.3 is 5.97 Å². The highest BCUT2D eigenvalue weighted by Gasteiger charge is 2.23. The molecule has 7 heteroatoms. The Bertz CT molecular complexity index is 1060. The van der Waals surface area contributed by atoms with Crippen molar-refractivity contribution in [1.82, 2.24) is 9.55 Å². The van der Waals surface area contributed by atoms with Crippen molar-refractivity contribution in [2.24, 2.45) is 0 Å². The first-order valence-corrected chi connectivity index (χ1v) is 7.69. The van der Waals surface area contributed by atoms with Crippen LogP contribution in [-0.4, -0.2) is 22.1 Å². The van der Waals surface area contributed by atoms with Gasteiger partial charge in [0.1, 0.15) is 23.0 Å². The van der Waals surface area contributed by atoms with Crippen LogP contribution in [0.5, 0.6) is 0 Å². The van der Waals surface area contributed by atoms with Gasteiger partial charge in [0.2, 0.25) is 5.71 Å². The maximum Gasteiger partial charge on any atom is 0.342 e. The van der Waals surface area contributed by atoms with Crippen molar-refractivity contribution in [3.05, 3.63) is 63.4 Å². The van der Waals surface area contributed by atoms with Crippen LogP contribution in [0.3, 0.4) is 0 Å². The Balaban J connectivity index is 2.10. The fraction of sp³-hybridized carbons (Fsp3) is 0.222. The van der Waals surface area contributed by atoms with Crippen LogP contribution in [0.1, 0.15) is 34.2 Å². The molecule has 3 rings (SSSR count). The number of aryl methyl sites for hydroxylation is 1. The number of esters is 1. The summed E-state index contributed by atoms with van der Waals surface area (Å²) < 4.78 is 11.8. The lowest BCUT2D eigenvalue weighted by Crippen LogP contribution is -2.22. The summed E-state index contributed by atoms with van der Waals surface area (Å²) in [4.78, 5) is 29.1. The molecule has 2 aromatic heterocycles. The van der Waals surface area contributed by atoms with E-state index in [0.717, 1.165) is 5.56 Å². The fourth-order valence-electron chi connectivity index (χ4n) is 2.64. The summed E-state index contributed by atoms with van der Waals surface area (Å²) in [6, 6.07) is 9.00. The maximum atomic E-state index is 12.8. The zero-order valence-electron chi connectivity index (χ0n) is 13.8. The minimum Gasteiger partial charge on any atom is -0.462 e. The minimum atomic E-state index is -0.609. The average Bonchev–Trinajstić information content (AvgIpc) is 2.95. The van der Waals surface area contributed by atoms with Gasteiger partial charge in [-0.05, 0) is 31.5 Å². The summed E-state index contributed by atoms with van der Waals surface area (Å²) in [7, 11) is 0. The second kappa shape index (κ2) is 6.61. The predicted octanol–water partition coefficient (Wildman–Crippen LogP) is 2.39. The predicted molar refractivity (Wildman–Crippen MR) is 89.2 cm³/mol. The zero-order valence-corrected chi connectivity index (χ0v) is 13.8. The van der Waals surface area contributed by atoms with Gasteiger partial charge in [-0.1, -0.05) is 12.1 Å². The Morgan fingerprint density at radius 1 is 1.44 bits per heavy atom. The molecule has 0 unspecified atom stereocenters. The molecule has 0 atom stereocenters. The molecule has 0 saturated carbocycles. The number of benzene rings is 1. The fourth-order valence-corrected chi connectivity index (χ4v) is 2.64. The molecule has 0 bridgehead atoms. The van der Waals surface area contributed by atoms with Gasteiger partial charge < -0.3 is 9.15 Å². The van der Waals surface area contributed by atoms with Crippen molar-refractivity contribution in [1.29, 1.82) is 5.26 Å². The van der Waals surface area contributed by atoms with Crippen molar-refractivity contribution in [3.8, 4) is 6.07 Å². The monoisotopic (exact) mass is 337 g/mol. The van der Waals surface area contributed by atoms with Gasteiger partial charge in [0.05, 0.1) is 24.8 Å². The first kappa shape index (κ1) is 16.5. The van der Waals surface area contributed by atoms with Gasteiger partial charge in [0, 0.05) is 0 Å². The second-order valence-electron chi connectivity index (χ2n) is 5.42. The highest BCUT2D eigenvalue weighted by Crippen LogP contribution is 2.22. The summed E-state index contributed by atoms with van der Waals surface area (Å²) in [5, 5.41) is 9.09. The highest BCUT2D eigenvalue weighted by atomic mass is 16.5. The molecule has 0 aliphatic heterocycles. The van der Waals surface area contributed by atoms with Gasteiger partial charge in [-0.15, -0.1) is 0 Å². The van der Waals surface area contributed by atoms with E-state index in [-0.39, 0.29) is 29.8 Å². The molecule has 0 spiro atoms. The number of rotatable bonds is 4. The lowest BCUT2D eigenvalue weighted by Gasteiger charge is -2.06. The summed E-state index contributed by atoms with van der Waals surface area (Å²) in [6.45, 7) is 3.70. The first-order valence-electron chi connectivity index (χ1n) is 7.69. The number of hydrogen-bond donors (Lipinski definition) is 0. The van der Waals surface area contributed by atoms with Gasteiger partial charge in [0.25, 0.3) is 5.56 Å². The number of ether oxygens (including phenoxy) is 1. The topological polar surface area (TPSA) is 98.1 Å². The first-order chi connectivity index (χ1) is 12.0. The maximum absolute atomic E-state index is 12.8. The Morgan fingerprint density at radius 3 is 2.96 bits per heavy atom. The summed E-state index contributed by atoms with van der Waals surface area (Å²) in [6.07, 6.45) is 1.36. The normalized spacial score (nSPS) is 10.6. The smallest absolute Gasteiger partial charge is 0.342 e. The molecule has 3 aromatic rings. The molecule has 0 N–H and O–H groups in total. The SMILES string of the molecule is CCOC(=O)c1c(C)oc2ncn(Cc3cccc(C#N)c3)c(=O)c12. The van der Waals surface area contributed by atoms with Crippen LogP contribution >= 0.6 is 0 Å². The Morgan fingerprint density at radius 2 is 2.24 bits per heavy atom. The highest BCUT2D eigenvalue weighted by molar-refractivity contribution is 6.03. The van der Waals surface area contributed by atoms with Gasteiger partial charge in [-0.25, -0.2) is 9.78 Å². The second-order valence-corrected chi connectivity index (χ2v) is 5.42. The van der Waals surface area contributed by atoms with E-state index in [1.54, 1.807) is 32.0 Å². The van der Waals surface area contributed by atoms with Crippen LogP contribution in [0.15, 0.2) is 39.8 Å². The van der Waals surface area contributed by atoms with Crippen molar-refractivity contribution < 1.29 is 13.9 Å². The van der Waals surface area contributed by atoms with Crippen LogP contribution in [0.4, 0.5) is 0 Å². The molecule has 1 aromatic carbocycles. The van der Waals surface area contributed by atoms with E-state index in [4.69, 9.17) is 14.4 Å². The van der Waals surface area contributed by atoms with E-state index >= 15 is 0 Å². The van der Waals surface area contributed by atoms with Crippen molar-refractivity contribution in [3.63, 3.8) is 0 Å². The van der Waals surface area contributed by atoms with Gasteiger partial charge in [-0.3, -0.25) is 9.36 Å². The van der Waals surface area contributed by atoms with Crippen molar-refractivity contribution in [2.75, 3.05) is 6.61 Å². The van der Waals surface area contributed by atoms with E-state index in [2.05, 4.69) is 11.1 Å². The number of fused-ring (bicyclic) bond motifs is 1. The molecule has 0 saturated heterocycles. The standard InChI is InChI=1S/C18H15N3O4/c1-3-24-18(23)14-11(2)25-16-15(14)17(22)21(10-20-16)9-13-6-4-5-12(7-13)8-19/h4-7,10H,3,9H2,1-2H3. The lowest BCUT2D eigenvalue weighted by atomic mass is 10.1. The molecule has 0 aliphatic carbocycles. The molecule has 7 nitrogen and oxygen atoms in total. The third-order valence-electron chi connectivity index (χ3n) is 3.74. The zero-order chi connectivity index (χ0) is 18.0. The van der Waals surface area contributed by atoms with E-state index in [0.29, 0.717) is 11.3 Å². The molecule has 126 valence electrons. The van der Waals surface area contributed by atoms with E-state index in [9.17, 15) is 9.59 Å². The molecular weight excluding hydrogens is 322 g/mol. The van der Waals surface area contributed by atoms with E-state index in [1.165, 1.54) is 10.9 Å². The molecule has 0 fully saturated rings. The van der Waals surface area contributed by atoms with Gasteiger partial charge in [0.15, 0.2) is 0 Å². The minimum absolute atomic E-state index is 0.104. The summed E-state index contributed by atoms with van der Waals surface area (Å²) in [5.41, 5.74) is 1.10. The quantitative estimate of drug-likeness (QED) is 0.678. The molecule has 0 amide bonds. The number of nitrogens with zero attached hydrogens (tertiary/aromatic N) is 3. The van der Waals surface area contributed by atoms with Gasteiger partial charge in [-0.2, -0.15) is 5.26 Å². The average molecular weight is 337 g/mol. The van der Waals surface area contributed by atoms with E-state index in [1.807, 2.05) is 6.07 Å². The molecule has 25 heavy (non-hydrogen) atoms. The Labute approximate surface area is 143 Å². The lowest BCUT2D eigenvalue weighted by molar-refractivity contribution is 0.0526. The summed E-state index contributed by atoms with van der Waals surface area (Å²) in [5.74, 6) is -0.316. The van der Waals surface area contributed by atoms with Crippen LogP contribution in [0, 0.1) is 18.3 Å². The largest absolute Gasteiger partial charge is 0.462 e. The number of carbonyl (C=O) groups excluding carboxylic acids is 1. The molecule has 0 aliphatic rings. The number of furan rings is 1. The number of hydrogen-bond acceptors (Lipinski definition) is 6. The Kier molecular flexibility index (Phi) is 4.35. The summed E-state index contributed by atoms with van der Waals surface area (Å²) >= 11 is 0. The number of carbonyl (C=O) groups is 1. The van der Waals surface area contributed by atoms with E-state index < -0.39 is 11.5 Å². The van der Waals surface area contributed by atoms with Crippen LogP contribution in [0.2, 0.25) is 0 Å². The number of nitriles is 1. The van der Waals surface area contributed by atoms with Crippen LogP contribution in [0.25, 0.3) is 11.1 Å². The number of aromatic nitrogens is 2. The molecule has 0 radical (unpaired) electrons. The van der Waals surface area contributed by atoms with Crippen LogP contribution in [-0.2, 0) is 11.3 Å². The van der Waals surface area contributed by atoms with Crippen LogP contribution < -0.4 is 5.56 Å². The molecule has 2 heterocycles. The van der Waals surface area contributed by atoms with Crippen molar-refractivity contribution in [2.45, 2.75) is 20.4 Å². The third kappa shape index (κ3) is 3.02. The Hall–Kier alpha value is -3.40. The third-order valence-corrected chi connectivity index (χ3v) is 3.74.